The van der Waals surface area contributed by atoms with E-state index in [-0.39, 0.29) is 5.91 Å². The molecule has 3 aromatic carbocycles. The average molecular weight is 462 g/mol. The van der Waals surface area contributed by atoms with Crippen LogP contribution in [-0.2, 0) is 0 Å². The predicted molar refractivity (Wildman–Crippen MR) is 136 cm³/mol. The van der Waals surface area contributed by atoms with Crippen LogP contribution in [0.4, 0.5) is 5.69 Å². The SMILES string of the molecule is Cc1ccc(NC(=O)c2cc(-c3cccn4c(-c5ccccc5C(N)=O)nnc34)ccc2C)cc1. The Morgan fingerprint density at radius 3 is 2.34 bits per heavy atom. The van der Waals surface area contributed by atoms with Gasteiger partial charge in [0.1, 0.15) is 0 Å². The number of anilines is 1. The number of nitrogens with two attached hydrogens (primary N) is 1. The van der Waals surface area contributed by atoms with Gasteiger partial charge in [-0.25, -0.2) is 0 Å². The number of fused-ring (bicyclic) bond motifs is 1. The number of nitrogens with one attached hydrogen (secondary N) is 1. The zero-order valence-corrected chi connectivity index (χ0v) is 19.3. The van der Waals surface area contributed by atoms with Crippen molar-refractivity contribution in [3.63, 3.8) is 0 Å². The summed E-state index contributed by atoms with van der Waals surface area (Å²) < 4.78 is 1.82. The van der Waals surface area contributed by atoms with Crippen molar-refractivity contribution in [3.8, 4) is 22.5 Å². The van der Waals surface area contributed by atoms with Crippen molar-refractivity contribution < 1.29 is 9.59 Å². The lowest BCUT2D eigenvalue weighted by molar-refractivity contribution is 0.0998. The minimum absolute atomic E-state index is 0.183. The van der Waals surface area contributed by atoms with Crippen LogP contribution in [0.5, 0.6) is 0 Å². The number of amides is 2. The first-order valence-electron chi connectivity index (χ1n) is 11.1. The van der Waals surface area contributed by atoms with Gasteiger partial charge in [-0.1, -0.05) is 48.0 Å². The highest BCUT2D eigenvalue weighted by molar-refractivity contribution is 6.06. The summed E-state index contributed by atoms with van der Waals surface area (Å²) in [4.78, 5) is 25.0. The quantitative estimate of drug-likeness (QED) is 0.383. The lowest BCUT2D eigenvalue weighted by atomic mass is 9.99. The number of primary amides is 1. The Kier molecular flexibility index (Phi) is 5.58. The number of carbonyl (C=O) groups is 2. The van der Waals surface area contributed by atoms with Crippen LogP contribution in [0.1, 0.15) is 31.8 Å². The van der Waals surface area contributed by atoms with E-state index in [4.69, 9.17) is 5.73 Å². The zero-order chi connectivity index (χ0) is 24.5. The second-order valence-corrected chi connectivity index (χ2v) is 8.40. The maximum Gasteiger partial charge on any atom is 0.255 e. The summed E-state index contributed by atoms with van der Waals surface area (Å²) in [6.07, 6.45) is 1.84. The molecule has 7 nitrogen and oxygen atoms in total. The number of benzene rings is 3. The molecule has 7 heteroatoms. The minimum Gasteiger partial charge on any atom is -0.366 e. The zero-order valence-electron chi connectivity index (χ0n) is 19.3. The van der Waals surface area contributed by atoms with E-state index in [1.165, 1.54) is 0 Å². The molecule has 0 aliphatic rings. The summed E-state index contributed by atoms with van der Waals surface area (Å²) in [5.74, 6) is -0.199. The number of rotatable bonds is 5. The van der Waals surface area contributed by atoms with Crippen molar-refractivity contribution >= 4 is 23.1 Å². The summed E-state index contributed by atoms with van der Waals surface area (Å²) in [7, 11) is 0. The van der Waals surface area contributed by atoms with Gasteiger partial charge in [0.05, 0.1) is 5.56 Å². The highest BCUT2D eigenvalue weighted by atomic mass is 16.2. The topological polar surface area (TPSA) is 102 Å². The number of nitrogens with zero attached hydrogens (tertiary/aromatic N) is 3. The van der Waals surface area contributed by atoms with Crippen LogP contribution in [0, 0.1) is 13.8 Å². The van der Waals surface area contributed by atoms with Gasteiger partial charge in [0.15, 0.2) is 11.5 Å². The Hall–Kier alpha value is -4.78. The molecule has 0 fully saturated rings. The standard InChI is InChI=1S/C28H23N5O2/c1-17-9-13-20(14-10-17)30-28(35)24-16-19(12-11-18(24)2)21-8-5-15-33-26(21)31-32-27(33)23-7-4-3-6-22(23)25(29)34/h3-16H,1-2H3,(H2,29,34)(H,30,35). The molecule has 0 aliphatic carbocycles. The first-order valence-corrected chi connectivity index (χ1v) is 11.1. The monoisotopic (exact) mass is 461 g/mol. The fourth-order valence-electron chi connectivity index (χ4n) is 4.09. The minimum atomic E-state index is -0.531. The normalized spacial score (nSPS) is 10.9. The van der Waals surface area contributed by atoms with Crippen molar-refractivity contribution in [3.05, 3.63) is 107 Å². The first-order chi connectivity index (χ1) is 16.9. The molecule has 0 saturated heterocycles. The molecule has 0 radical (unpaired) electrons. The average Bonchev–Trinajstić information content (AvgIpc) is 3.30. The Morgan fingerprint density at radius 2 is 1.57 bits per heavy atom. The molecule has 2 aromatic heterocycles. The van der Waals surface area contributed by atoms with E-state index in [1.807, 2.05) is 85.1 Å². The Bertz CT molecular complexity index is 1590. The van der Waals surface area contributed by atoms with Gasteiger partial charge in [-0.3, -0.25) is 14.0 Å². The third-order valence-electron chi connectivity index (χ3n) is 5.97. The van der Waals surface area contributed by atoms with E-state index < -0.39 is 5.91 Å². The molecule has 2 heterocycles. The van der Waals surface area contributed by atoms with Crippen LogP contribution in [0.15, 0.2) is 85.1 Å². The van der Waals surface area contributed by atoms with Gasteiger partial charge >= 0.3 is 0 Å². The largest absolute Gasteiger partial charge is 0.366 e. The van der Waals surface area contributed by atoms with E-state index in [0.29, 0.717) is 28.2 Å². The lowest BCUT2D eigenvalue weighted by Gasteiger charge is -2.11. The second kappa shape index (κ2) is 8.87. The van der Waals surface area contributed by atoms with Crippen LogP contribution in [0.25, 0.3) is 28.2 Å². The van der Waals surface area contributed by atoms with Crippen molar-refractivity contribution in [1.82, 2.24) is 14.6 Å². The van der Waals surface area contributed by atoms with Crippen LogP contribution in [0.2, 0.25) is 0 Å². The molecule has 0 spiro atoms. The fourth-order valence-corrected chi connectivity index (χ4v) is 4.09. The smallest absolute Gasteiger partial charge is 0.255 e. The Balaban J connectivity index is 1.56. The van der Waals surface area contributed by atoms with Crippen LogP contribution in [0.3, 0.4) is 0 Å². The van der Waals surface area contributed by atoms with Crippen LogP contribution >= 0.6 is 0 Å². The molecular weight excluding hydrogens is 438 g/mol. The van der Waals surface area contributed by atoms with Crippen molar-refractivity contribution in [2.45, 2.75) is 13.8 Å². The van der Waals surface area contributed by atoms with E-state index in [2.05, 4.69) is 15.5 Å². The molecule has 172 valence electrons. The fraction of sp³-hybridized carbons (Fsp3) is 0.0714. The van der Waals surface area contributed by atoms with E-state index in [9.17, 15) is 9.59 Å². The van der Waals surface area contributed by atoms with Gasteiger partial charge in [0.25, 0.3) is 5.91 Å². The summed E-state index contributed by atoms with van der Waals surface area (Å²) in [6.45, 7) is 3.91. The number of carbonyl (C=O) groups excluding carboxylic acids is 2. The molecular formula is C28H23N5O2. The third-order valence-corrected chi connectivity index (χ3v) is 5.97. The molecule has 0 atom stereocenters. The molecule has 0 aliphatic heterocycles. The number of pyridine rings is 1. The molecule has 0 bridgehead atoms. The van der Waals surface area contributed by atoms with E-state index in [1.54, 1.807) is 18.2 Å². The first kappa shape index (κ1) is 22.0. The Morgan fingerprint density at radius 1 is 0.829 bits per heavy atom. The maximum atomic E-state index is 13.1. The van der Waals surface area contributed by atoms with Crippen molar-refractivity contribution in [2.24, 2.45) is 5.73 Å². The highest BCUT2D eigenvalue weighted by Gasteiger charge is 2.18. The molecule has 5 rings (SSSR count). The van der Waals surface area contributed by atoms with Gasteiger partial charge in [-0.2, -0.15) is 0 Å². The number of hydrogen-bond donors (Lipinski definition) is 2. The third kappa shape index (κ3) is 4.15. The number of hydrogen-bond acceptors (Lipinski definition) is 4. The van der Waals surface area contributed by atoms with E-state index >= 15 is 0 Å². The molecule has 35 heavy (non-hydrogen) atoms. The predicted octanol–water partition coefficient (Wildman–Crippen LogP) is 5.03. The lowest BCUT2D eigenvalue weighted by Crippen LogP contribution is -2.13. The van der Waals surface area contributed by atoms with Crippen LogP contribution in [-0.4, -0.2) is 26.4 Å². The maximum absolute atomic E-state index is 13.1. The summed E-state index contributed by atoms with van der Waals surface area (Å²) in [5, 5.41) is 11.7. The van der Waals surface area contributed by atoms with Crippen molar-refractivity contribution in [1.29, 1.82) is 0 Å². The van der Waals surface area contributed by atoms with Gasteiger partial charge in [0, 0.05) is 28.6 Å². The van der Waals surface area contributed by atoms with Gasteiger partial charge in [0.2, 0.25) is 5.91 Å². The molecule has 0 saturated carbocycles. The summed E-state index contributed by atoms with van der Waals surface area (Å²) in [6, 6.07) is 24.3. The molecule has 3 N–H and O–H groups in total. The van der Waals surface area contributed by atoms with Gasteiger partial charge in [-0.05, 0) is 61.4 Å². The Labute approximate surface area is 202 Å². The second-order valence-electron chi connectivity index (χ2n) is 8.40. The number of aromatic nitrogens is 3. The summed E-state index contributed by atoms with van der Waals surface area (Å²) >= 11 is 0. The van der Waals surface area contributed by atoms with Gasteiger partial charge in [-0.15, -0.1) is 10.2 Å². The highest BCUT2D eigenvalue weighted by Crippen LogP contribution is 2.29. The van der Waals surface area contributed by atoms with Crippen molar-refractivity contribution in [2.75, 3.05) is 5.32 Å². The van der Waals surface area contributed by atoms with E-state index in [0.717, 1.165) is 27.9 Å². The molecule has 0 unspecified atom stereocenters. The van der Waals surface area contributed by atoms with Gasteiger partial charge < -0.3 is 11.1 Å². The molecule has 2 amide bonds. The number of aryl methyl sites for hydroxylation is 2. The summed E-state index contributed by atoms with van der Waals surface area (Å²) in [5.41, 5.74) is 12.1. The van der Waals surface area contributed by atoms with Crippen LogP contribution < -0.4 is 11.1 Å². The molecule has 5 aromatic rings.